The van der Waals surface area contributed by atoms with Gasteiger partial charge in [0.1, 0.15) is 22.8 Å². The second-order valence-electron chi connectivity index (χ2n) is 8.56. The van der Waals surface area contributed by atoms with Gasteiger partial charge in [-0.2, -0.15) is 0 Å². The van der Waals surface area contributed by atoms with Gasteiger partial charge in [0.25, 0.3) is 11.8 Å². The van der Waals surface area contributed by atoms with Gasteiger partial charge in [-0.3, -0.25) is 24.3 Å². The average molecular weight is 580 g/mol. The standard InChI is InChI=1S/C23H21N7O6S2.Na.H/c24-23-26-14(10-38-23)15(28-36)18(31)27-16-20(33)30-17(22(34)35)13(9-37-21(16)30)7-12-3-6-29(19(12)32)8-11-1-4-25-5-2-11;;/h1-2,4-5,7,10,16,21,36H,3,6,8-9H2,(H2,24,26)(H,27,31)(H,34,35);;/b12-7+,28-15-;;/t16-,21-;;/m1../s1. The molecule has 2 fully saturated rings. The first kappa shape index (κ1) is 28.8. The summed E-state index contributed by atoms with van der Waals surface area (Å²) in [4.78, 5) is 61.4. The van der Waals surface area contributed by atoms with Crippen molar-refractivity contribution in [1.82, 2.24) is 25.1 Å². The molecule has 3 aliphatic rings. The maximum atomic E-state index is 13.0. The summed E-state index contributed by atoms with van der Waals surface area (Å²) in [5, 5.41) is 25.6. The van der Waals surface area contributed by atoms with Gasteiger partial charge in [-0.15, -0.1) is 23.1 Å². The van der Waals surface area contributed by atoms with E-state index in [1.54, 1.807) is 23.4 Å². The van der Waals surface area contributed by atoms with Crippen molar-refractivity contribution in [2.24, 2.45) is 5.16 Å². The van der Waals surface area contributed by atoms with Gasteiger partial charge >= 0.3 is 35.5 Å². The molecule has 0 aromatic carbocycles. The first-order valence-corrected chi connectivity index (χ1v) is 13.3. The van der Waals surface area contributed by atoms with E-state index in [2.05, 4.69) is 20.4 Å². The summed E-state index contributed by atoms with van der Waals surface area (Å²) in [6.07, 6.45) is 5.31. The molecule has 13 nitrogen and oxygen atoms in total. The summed E-state index contributed by atoms with van der Waals surface area (Å²) in [5.74, 6) is -2.76. The fourth-order valence-electron chi connectivity index (χ4n) is 4.44. The Hall–Kier alpha value is -3.24. The molecular weight excluding hydrogens is 557 g/mol. The van der Waals surface area contributed by atoms with Crippen molar-refractivity contribution in [1.29, 1.82) is 0 Å². The third-order valence-electron chi connectivity index (χ3n) is 6.25. The number of nitrogens with one attached hydrogen (secondary N) is 1. The van der Waals surface area contributed by atoms with Gasteiger partial charge < -0.3 is 26.3 Å². The van der Waals surface area contributed by atoms with E-state index in [0.29, 0.717) is 30.7 Å². The van der Waals surface area contributed by atoms with Gasteiger partial charge in [0.15, 0.2) is 10.8 Å². The number of β-lactam (4-membered cyclic amide) rings is 1. The molecule has 2 aromatic rings. The average Bonchev–Trinajstić information content (AvgIpc) is 3.48. The van der Waals surface area contributed by atoms with Crippen molar-refractivity contribution >= 4 is 87.2 Å². The number of anilines is 1. The summed E-state index contributed by atoms with van der Waals surface area (Å²) >= 11 is 2.31. The minimum atomic E-state index is -1.31. The minimum absolute atomic E-state index is 0. The van der Waals surface area contributed by atoms with Crippen LogP contribution in [0.4, 0.5) is 5.13 Å². The molecule has 2 saturated heterocycles. The van der Waals surface area contributed by atoms with Crippen molar-refractivity contribution in [3.8, 4) is 0 Å². The number of hydrogen-bond acceptors (Lipinski definition) is 11. The number of hydrogen-bond donors (Lipinski definition) is 4. The second-order valence-corrected chi connectivity index (χ2v) is 10.6. The number of allylic oxidation sites excluding steroid dienone is 1. The fraction of sp³-hybridized carbons (Fsp3) is 0.261. The molecule has 39 heavy (non-hydrogen) atoms. The van der Waals surface area contributed by atoms with Crippen LogP contribution >= 0.6 is 23.1 Å². The Morgan fingerprint density at radius 2 is 2.03 bits per heavy atom. The zero-order valence-electron chi connectivity index (χ0n) is 19.6. The zero-order valence-corrected chi connectivity index (χ0v) is 21.2. The van der Waals surface area contributed by atoms with Gasteiger partial charge in [-0.05, 0) is 35.8 Å². The third kappa shape index (κ3) is 5.58. The zero-order chi connectivity index (χ0) is 27.0. The number of oxime groups is 1. The summed E-state index contributed by atoms with van der Waals surface area (Å²) in [7, 11) is 0. The maximum absolute atomic E-state index is 13.0. The van der Waals surface area contributed by atoms with Crippen LogP contribution in [0.3, 0.4) is 0 Å². The SMILES string of the molecule is Nc1nc(/C(=N/O)C(=O)N[C@@H]2C(=O)N3C(C(=O)O)=C(/C=C4\CCN(Cc5ccncc5)C4=O)CS[C@H]23)cs1.[NaH]. The number of carbonyl (C=O) groups is 4. The molecule has 0 saturated carbocycles. The first-order chi connectivity index (χ1) is 18.3. The Bertz CT molecular complexity index is 1430. The van der Waals surface area contributed by atoms with Crippen LogP contribution in [0.2, 0.25) is 0 Å². The van der Waals surface area contributed by atoms with Crippen LogP contribution in [0.15, 0.2) is 58.0 Å². The number of amides is 3. The van der Waals surface area contributed by atoms with Crippen molar-refractivity contribution in [2.45, 2.75) is 24.4 Å². The molecule has 198 valence electrons. The molecule has 2 aromatic heterocycles. The summed E-state index contributed by atoms with van der Waals surface area (Å²) in [6.45, 7) is 0.910. The number of aliphatic carboxylic acids is 1. The van der Waals surface area contributed by atoms with E-state index in [1.165, 1.54) is 17.1 Å². The summed E-state index contributed by atoms with van der Waals surface area (Å²) < 4.78 is 0. The molecule has 3 aliphatic heterocycles. The summed E-state index contributed by atoms with van der Waals surface area (Å²) in [5.41, 5.74) is 6.73. The van der Waals surface area contributed by atoms with Crippen LogP contribution in [-0.2, 0) is 25.7 Å². The molecule has 5 heterocycles. The molecule has 0 bridgehead atoms. The van der Waals surface area contributed by atoms with E-state index >= 15 is 0 Å². The number of carbonyl (C=O) groups excluding carboxylic acids is 3. The number of carboxylic acid groups (broad SMARTS) is 1. The third-order valence-corrected chi connectivity index (χ3v) is 8.23. The Labute approximate surface area is 252 Å². The van der Waals surface area contributed by atoms with Crippen molar-refractivity contribution in [2.75, 3.05) is 18.0 Å². The Balaban J connectivity index is 0.00000353. The predicted molar refractivity (Wildman–Crippen MR) is 144 cm³/mol. The first-order valence-electron chi connectivity index (χ1n) is 11.3. The Morgan fingerprint density at radius 1 is 1.28 bits per heavy atom. The number of thioether (sulfide) groups is 1. The van der Waals surface area contributed by atoms with E-state index in [9.17, 15) is 29.5 Å². The number of likely N-dealkylation sites (tertiary alicyclic amines) is 1. The van der Waals surface area contributed by atoms with Gasteiger partial charge in [-0.1, -0.05) is 5.16 Å². The van der Waals surface area contributed by atoms with Crippen molar-refractivity contribution < 1.29 is 29.5 Å². The van der Waals surface area contributed by atoms with Crippen LogP contribution in [0.25, 0.3) is 0 Å². The number of aromatic nitrogens is 2. The molecule has 2 atom stereocenters. The van der Waals surface area contributed by atoms with Gasteiger partial charge in [-0.25, -0.2) is 9.78 Å². The number of nitrogens with two attached hydrogens (primary N) is 1. The number of fused-ring (bicyclic) bond motifs is 1. The number of nitrogen functional groups attached to an aromatic ring is 1. The Kier molecular flexibility index (Phi) is 8.76. The molecular formula is C23H22N7NaO6S2. The van der Waals surface area contributed by atoms with E-state index < -0.39 is 34.9 Å². The van der Waals surface area contributed by atoms with E-state index in [1.807, 2.05) is 12.1 Å². The van der Waals surface area contributed by atoms with E-state index in [4.69, 9.17) is 5.73 Å². The van der Waals surface area contributed by atoms with Crippen LogP contribution < -0.4 is 11.1 Å². The molecule has 0 spiro atoms. The second kappa shape index (κ2) is 11.9. The predicted octanol–water partition coefficient (Wildman–Crippen LogP) is -0.252. The van der Waals surface area contributed by atoms with Crippen molar-refractivity contribution in [3.63, 3.8) is 0 Å². The number of nitrogens with zero attached hydrogens (tertiary/aromatic N) is 5. The Morgan fingerprint density at radius 3 is 2.67 bits per heavy atom. The topological polar surface area (TPSA) is 191 Å². The monoisotopic (exact) mass is 579 g/mol. The molecule has 5 N–H and O–H groups in total. The van der Waals surface area contributed by atoms with Crippen LogP contribution in [0.1, 0.15) is 17.7 Å². The number of pyridine rings is 1. The van der Waals surface area contributed by atoms with Crippen LogP contribution in [0, 0.1) is 0 Å². The number of thiazole rings is 1. The normalized spacial score (nSPS) is 21.9. The molecule has 0 unspecified atom stereocenters. The van der Waals surface area contributed by atoms with Crippen LogP contribution in [0.5, 0.6) is 0 Å². The molecule has 0 radical (unpaired) electrons. The van der Waals surface area contributed by atoms with E-state index in [-0.39, 0.29) is 57.7 Å². The quantitative estimate of drug-likeness (QED) is 0.0849. The summed E-state index contributed by atoms with van der Waals surface area (Å²) in [6, 6.07) is 2.61. The molecule has 0 aliphatic carbocycles. The van der Waals surface area contributed by atoms with Gasteiger partial charge in [0.2, 0.25) is 5.91 Å². The fourth-order valence-corrected chi connectivity index (χ4v) is 6.30. The molecule has 5 rings (SSSR count). The van der Waals surface area contributed by atoms with Gasteiger partial charge in [0, 0.05) is 42.2 Å². The van der Waals surface area contributed by atoms with Crippen LogP contribution in [-0.4, -0.2) is 113 Å². The van der Waals surface area contributed by atoms with E-state index in [0.717, 1.165) is 21.8 Å². The van der Waals surface area contributed by atoms with Gasteiger partial charge in [0.05, 0.1) is 0 Å². The molecule has 3 amide bonds. The number of rotatable bonds is 7. The van der Waals surface area contributed by atoms with Crippen molar-refractivity contribution in [3.05, 3.63) is 64.1 Å². The number of carboxylic acids is 1. The molecule has 16 heteroatoms.